The molecule has 1 rings (SSSR count). The molecular formula is C14H30N2O3. The molecule has 1 aliphatic heterocycles. The Morgan fingerprint density at radius 1 is 1.26 bits per heavy atom. The summed E-state index contributed by atoms with van der Waals surface area (Å²) in [6, 6.07) is 0.395. The maximum atomic E-state index is 6.05. The molecule has 1 fully saturated rings. The first-order chi connectivity index (χ1) is 9.21. The molecule has 3 atom stereocenters. The Bertz CT molecular complexity index is 229. The van der Waals surface area contributed by atoms with Gasteiger partial charge in [-0.15, -0.1) is 0 Å². The van der Waals surface area contributed by atoms with E-state index in [0.717, 1.165) is 45.7 Å². The van der Waals surface area contributed by atoms with Crippen LogP contribution in [0, 0.1) is 0 Å². The smallest absolute Gasteiger partial charge is 0.0707 e. The summed E-state index contributed by atoms with van der Waals surface area (Å²) in [5.74, 6) is 0. The molecule has 0 bridgehead atoms. The van der Waals surface area contributed by atoms with Crippen molar-refractivity contribution in [3.05, 3.63) is 0 Å². The number of nitrogens with zero attached hydrogens (tertiary/aromatic N) is 1. The molecule has 5 nitrogen and oxygen atoms in total. The van der Waals surface area contributed by atoms with Gasteiger partial charge in [0.25, 0.3) is 0 Å². The fraction of sp³-hybridized carbons (Fsp3) is 1.00. The van der Waals surface area contributed by atoms with Gasteiger partial charge in [0.1, 0.15) is 0 Å². The Hall–Kier alpha value is -0.200. The topological polar surface area (TPSA) is 43.0 Å². The lowest BCUT2D eigenvalue weighted by Gasteiger charge is -2.30. The number of rotatable bonds is 10. The Morgan fingerprint density at radius 2 is 2.00 bits per heavy atom. The number of hydrogen-bond donors (Lipinski definition) is 1. The lowest BCUT2D eigenvalue weighted by Crippen LogP contribution is -2.43. The van der Waals surface area contributed by atoms with E-state index in [0.29, 0.717) is 18.2 Å². The van der Waals surface area contributed by atoms with Crippen molar-refractivity contribution in [2.45, 2.75) is 38.0 Å². The van der Waals surface area contributed by atoms with E-state index in [1.54, 1.807) is 14.2 Å². The Balaban J connectivity index is 2.38. The van der Waals surface area contributed by atoms with Crippen molar-refractivity contribution in [2.75, 3.05) is 54.1 Å². The van der Waals surface area contributed by atoms with Gasteiger partial charge in [0.15, 0.2) is 0 Å². The number of hydrogen-bond acceptors (Lipinski definition) is 5. The second-order valence-electron chi connectivity index (χ2n) is 5.31. The molecule has 5 heteroatoms. The van der Waals surface area contributed by atoms with Gasteiger partial charge in [-0.25, -0.2) is 0 Å². The van der Waals surface area contributed by atoms with Gasteiger partial charge in [0.2, 0.25) is 0 Å². The van der Waals surface area contributed by atoms with E-state index in [1.807, 2.05) is 7.05 Å². The first-order valence-electron chi connectivity index (χ1n) is 7.23. The summed E-state index contributed by atoms with van der Waals surface area (Å²) in [4.78, 5) is 2.40. The normalized spacial score (nSPS) is 25.1. The first-order valence-corrected chi connectivity index (χ1v) is 7.23. The van der Waals surface area contributed by atoms with Gasteiger partial charge in [-0.3, -0.25) is 4.90 Å². The average molecular weight is 274 g/mol. The highest BCUT2D eigenvalue weighted by Crippen LogP contribution is 2.20. The van der Waals surface area contributed by atoms with Crippen molar-refractivity contribution in [3.63, 3.8) is 0 Å². The fourth-order valence-corrected chi connectivity index (χ4v) is 2.60. The minimum Gasteiger partial charge on any atom is -0.383 e. The minimum atomic E-state index is 0.342. The molecule has 0 aromatic heterocycles. The second-order valence-corrected chi connectivity index (χ2v) is 5.31. The zero-order valence-corrected chi connectivity index (χ0v) is 12.9. The van der Waals surface area contributed by atoms with Crippen LogP contribution in [0.2, 0.25) is 0 Å². The summed E-state index contributed by atoms with van der Waals surface area (Å²) in [5, 5.41) is 3.18. The van der Waals surface area contributed by atoms with Gasteiger partial charge < -0.3 is 19.5 Å². The molecule has 114 valence electrons. The highest BCUT2D eigenvalue weighted by Gasteiger charge is 2.27. The third-order valence-corrected chi connectivity index (χ3v) is 3.68. The third kappa shape index (κ3) is 6.19. The van der Waals surface area contributed by atoms with Crippen LogP contribution in [0.3, 0.4) is 0 Å². The monoisotopic (exact) mass is 274 g/mol. The lowest BCUT2D eigenvalue weighted by molar-refractivity contribution is 0.0000391. The van der Waals surface area contributed by atoms with E-state index in [-0.39, 0.29) is 0 Å². The van der Waals surface area contributed by atoms with Crippen LogP contribution in [0.15, 0.2) is 0 Å². The van der Waals surface area contributed by atoms with E-state index in [2.05, 4.69) is 17.1 Å². The summed E-state index contributed by atoms with van der Waals surface area (Å²) < 4.78 is 16.5. The van der Waals surface area contributed by atoms with Gasteiger partial charge in [-0.1, -0.05) is 0 Å². The number of nitrogens with one attached hydrogen (secondary N) is 1. The van der Waals surface area contributed by atoms with Crippen LogP contribution in [0.5, 0.6) is 0 Å². The first kappa shape index (κ1) is 16.9. The molecular weight excluding hydrogens is 244 g/mol. The molecule has 0 aliphatic carbocycles. The lowest BCUT2D eigenvalue weighted by atomic mass is 10.1. The predicted octanol–water partition coefficient (Wildman–Crippen LogP) is 0.737. The summed E-state index contributed by atoms with van der Waals surface area (Å²) in [5.41, 5.74) is 0. The molecule has 0 amide bonds. The largest absolute Gasteiger partial charge is 0.383 e. The zero-order chi connectivity index (χ0) is 14.1. The number of likely N-dealkylation sites (N-methyl/N-ethyl adjacent to an activating group) is 1. The molecule has 3 unspecified atom stereocenters. The van der Waals surface area contributed by atoms with Gasteiger partial charge in [0.05, 0.1) is 25.4 Å². The van der Waals surface area contributed by atoms with Gasteiger partial charge in [0, 0.05) is 39.9 Å². The molecule has 1 aliphatic rings. The van der Waals surface area contributed by atoms with Crippen LogP contribution < -0.4 is 5.32 Å². The Labute approximate surface area is 117 Å². The minimum absolute atomic E-state index is 0.342. The quantitative estimate of drug-likeness (QED) is 0.636. The molecule has 0 spiro atoms. The highest BCUT2D eigenvalue weighted by atomic mass is 16.5. The summed E-state index contributed by atoms with van der Waals surface area (Å²) >= 11 is 0. The SMILES string of the molecule is CNCC1CCC(CN(CCOC)C(C)COC)O1. The third-order valence-electron chi connectivity index (χ3n) is 3.68. The van der Waals surface area contributed by atoms with E-state index in [1.165, 1.54) is 0 Å². The van der Waals surface area contributed by atoms with Crippen LogP contribution in [-0.4, -0.2) is 77.3 Å². The molecule has 19 heavy (non-hydrogen) atoms. The Morgan fingerprint density at radius 3 is 2.63 bits per heavy atom. The zero-order valence-electron chi connectivity index (χ0n) is 12.9. The summed E-state index contributed by atoms with van der Waals surface area (Å²) in [6.45, 7) is 6.53. The van der Waals surface area contributed by atoms with Gasteiger partial charge in [-0.2, -0.15) is 0 Å². The van der Waals surface area contributed by atoms with Crippen molar-refractivity contribution in [1.82, 2.24) is 10.2 Å². The molecule has 1 heterocycles. The van der Waals surface area contributed by atoms with Crippen LogP contribution in [0.1, 0.15) is 19.8 Å². The van der Waals surface area contributed by atoms with Crippen molar-refractivity contribution >= 4 is 0 Å². The molecule has 1 N–H and O–H groups in total. The van der Waals surface area contributed by atoms with Crippen molar-refractivity contribution in [2.24, 2.45) is 0 Å². The van der Waals surface area contributed by atoms with Crippen LogP contribution in [-0.2, 0) is 14.2 Å². The molecule has 0 radical (unpaired) electrons. The predicted molar refractivity (Wildman–Crippen MR) is 76.6 cm³/mol. The van der Waals surface area contributed by atoms with Crippen LogP contribution in [0.4, 0.5) is 0 Å². The van der Waals surface area contributed by atoms with Crippen LogP contribution >= 0.6 is 0 Å². The maximum absolute atomic E-state index is 6.05. The number of ether oxygens (including phenoxy) is 3. The van der Waals surface area contributed by atoms with Crippen molar-refractivity contribution in [3.8, 4) is 0 Å². The van der Waals surface area contributed by atoms with Gasteiger partial charge in [-0.05, 0) is 26.8 Å². The maximum Gasteiger partial charge on any atom is 0.0707 e. The van der Waals surface area contributed by atoms with Gasteiger partial charge >= 0.3 is 0 Å². The molecule has 0 aromatic carbocycles. The van der Waals surface area contributed by atoms with E-state index >= 15 is 0 Å². The van der Waals surface area contributed by atoms with Crippen molar-refractivity contribution in [1.29, 1.82) is 0 Å². The van der Waals surface area contributed by atoms with Crippen LogP contribution in [0.25, 0.3) is 0 Å². The fourth-order valence-electron chi connectivity index (χ4n) is 2.60. The summed E-state index contributed by atoms with van der Waals surface area (Å²) in [7, 11) is 5.47. The molecule has 1 saturated heterocycles. The molecule has 0 aromatic rings. The molecule has 0 saturated carbocycles. The van der Waals surface area contributed by atoms with Crippen molar-refractivity contribution < 1.29 is 14.2 Å². The Kier molecular flexibility index (Phi) is 8.57. The summed E-state index contributed by atoms with van der Waals surface area (Å²) in [6.07, 6.45) is 3.02. The second kappa shape index (κ2) is 9.66. The number of methoxy groups -OCH3 is 2. The van der Waals surface area contributed by atoms with E-state index < -0.39 is 0 Å². The van der Waals surface area contributed by atoms with E-state index in [4.69, 9.17) is 14.2 Å². The standard InChI is InChI=1S/C14H30N2O3/c1-12(11-18-4)16(7-8-17-3)10-14-6-5-13(19-14)9-15-2/h12-15H,5-11H2,1-4H3. The average Bonchev–Trinajstić information content (AvgIpc) is 2.82. The highest BCUT2D eigenvalue weighted by molar-refractivity contribution is 4.79. The van der Waals surface area contributed by atoms with E-state index in [9.17, 15) is 0 Å².